The molecule has 19 heavy (non-hydrogen) atoms. The summed E-state index contributed by atoms with van der Waals surface area (Å²) < 4.78 is 6.62. The Labute approximate surface area is 128 Å². The molecule has 2 heterocycles. The Balaban J connectivity index is 2.19. The van der Waals surface area contributed by atoms with Gasteiger partial charge in [-0.2, -0.15) is 0 Å². The predicted octanol–water partition coefficient (Wildman–Crippen LogP) is 4.57. The first-order valence-electron chi connectivity index (χ1n) is 5.72. The van der Waals surface area contributed by atoms with Gasteiger partial charge in [0.1, 0.15) is 0 Å². The number of nitrogens with two attached hydrogens (primary N) is 1. The average Bonchev–Trinajstić information content (AvgIpc) is 2.95. The van der Waals surface area contributed by atoms with Crippen LogP contribution in [-0.2, 0) is 0 Å². The van der Waals surface area contributed by atoms with E-state index < -0.39 is 0 Å². The van der Waals surface area contributed by atoms with Crippen molar-refractivity contribution in [3.8, 4) is 22.5 Å². The van der Waals surface area contributed by atoms with E-state index in [2.05, 4.69) is 58.3 Å². The molecule has 1 aromatic carbocycles. The summed E-state index contributed by atoms with van der Waals surface area (Å²) in [6.07, 6.45) is 0. The molecule has 3 nitrogen and oxygen atoms in total. The number of anilines is 1. The third kappa shape index (κ3) is 2.40. The van der Waals surface area contributed by atoms with Crippen LogP contribution in [0.25, 0.3) is 22.5 Å². The molecule has 0 atom stereocenters. The molecule has 0 aliphatic carbocycles. The van der Waals surface area contributed by atoms with Crippen molar-refractivity contribution in [1.82, 2.24) is 5.16 Å². The van der Waals surface area contributed by atoms with Gasteiger partial charge in [-0.1, -0.05) is 35.0 Å². The normalized spacial score (nSPS) is 10.8. The summed E-state index contributed by atoms with van der Waals surface area (Å²) in [6, 6.07) is 10.3. The molecule has 0 bridgehead atoms. The first-order chi connectivity index (χ1) is 9.15. The van der Waals surface area contributed by atoms with E-state index in [0.717, 1.165) is 22.5 Å². The van der Waals surface area contributed by atoms with Gasteiger partial charge < -0.3 is 10.3 Å². The lowest BCUT2D eigenvalue weighted by Gasteiger charge is -2.02. The zero-order valence-corrected chi connectivity index (χ0v) is 13.2. The van der Waals surface area contributed by atoms with Gasteiger partial charge in [0, 0.05) is 10.9 Å². The van der Waals surface area contributed by atoms with Gasteiger partial charge in [0.05, 0.1) is 8.45 Å². The largest absolute Gasteiger partial charge is 0.380 e. The summed E-state index contributed by atoms with van der Waals surface area (Å²) >= 11 is 3.96. The Kier molecular flexibility index (Phi) is 3.32. The van der Waals surface area contributed by atoms with Gasteiger partial charge in [0.15, 0.2) is 11.6 Å². The van der Waals surface area contributed by atoms with E-state index in [1.807, 2.05) is 12.1 Å². The number of nitrogens with zero attached hydrogens (tertiary/aromatic N) is 1. The number of aromatic nitrogens is 1. The van der Waals surface area contributed by atoms with Crippen molar-refractivity contribution in [2.75, 3.05) is 5.73 Å². The van der Waals surface area contributed by atoms with Gasteiger partial charge in [-0.25, -0.2) is 0 Å². The highest BCUT2D eigenvalue weighted by molar-refractivity contribution is 14.1. The number of thiophene rings is 1. The number of hydrogen-bond donors (Lipinski definition) is 1. The molecule has 5 heteroatoms. The first-order valence-corrected chi connectivity index (χ1v) is 7.67. The lowest BCUT2D eigenvalue weighted by Crippen LogP contribution is -1.89. The van der Waals surface area contributed by atoms with Crippen LogP contribution in [0.1, 0.15) is 5.56 Å². The van der Waals surface area contributed by atoms with Crippen LogP contribution in [0, 0.1) is 9.81 Å². The molecule has 0 saturated carbocycles. The van der Waals surface area contributed by atoms with Gasteiger partial charge >= 0.3 is 0 Å². The predicted molar refractivity (Wildman–Crippen MR) is 87.1 cm³/mol. The van der Waals surface area contributed by atoms with Crippen molar-refractivity contribution in [1.29, 1.82) is 0 Å². The van der Waals surface area contributed by atoms with Gasteiger partial charge in [0.2, 0.25) is 0 Å². The number of halogens is 1. The standard InChI is InChI=1S/C14H11IN2OS/c1-8-3-2-4-9(5-8)12-13(18-17-14(12)16)10-6-11(15)19-7-10/h2-7H,1H3,(H2,16,17). The third-order valence-corrected chi connectivity index (χ3v) is 4.64. The molecule has 3 aromatic rings. The molecule has 96 valence electrons. The Morgan fingerprint density at radius 1 is 1.26 bits per heavy atom. The van der Waals surface area contributed by atoms with E-state index in [9.17, 15) is 0 Å². The molecule has 0 amide bonds. The lowest BCUT2D eigenvalue weighted by molar-refractivity contribution is 0.436. The zero-order valence-electron chi connectivity index (χ0n) is 10.2. The summed E-state index contributed by atoms with van der Waals surface area (Å²) in [4.78, 5) is 0. The van der Waals surface area contributed by atoms with E-state index >= 15 is 0 Å². The van der Waals surface area contributed by atoms with Crippen LogP contribution >= 0.6 is 33.9 Å². The fraction of sp³-hybridized carbons (Fsp3) is 0.0714. The highest BCUT2D eigenvalue weighted by atomic mass is 127. The Morgan fingerprint density at radius 3 is 2.79 bits per heavy atom. The van der Waals surface area contributed by atoms with Crippen molar-refractivity contribution >= 4 is 39.7 Å². The molecule has 0 unspecified atom stereocenters. The number of nitrogen functional groups attached to an aromatic ring is 1. The smallest absolute Gasteiger partial charge is 0.177 e. The van der Waals surface area contributed by atoms with Crippen molar-refractivity contribution in [3.63, 3.8) is 0 Å². The monoisotopic (exact) mass is 382 g/mol. The molecule has 0 aliphatic heterocycles. The number of aryl methyl sites for hydroxylation is 1. The minimum Gasteiger partial charge on any atom is -0.380 e. The molecule has 0 spiro atoms. The second-order valence-electron chi connectivity index (χ2n) is 4.28. The van der Waals surface area contributed by atoms with E-state index in [1.165, 1.54) is 8.45 Å². The van der Waals surface area contributed by atoms with Gasteiger partial charge in [-0.3, -0.25) is 0 Å². The summed E-state index contributed by atoms with van der Waals surface area (Å²) in [7, 11) is 0. The maximum atomic E-state index is 5.96. The first kappa shape index (κ1) is 12.7. The lowest BCUT2D eigenvalue weighted by atomic mass is 10.0. The number of hydrogen-bond acceptors (Lipinski definition) is 4. The van der Waals surface area contributed by atoms with E-state index in [1.54, 1.807) is 11.3 Å². The second kappa shape index (κ2) is 4.97. The highest BCUT2D eigenvalue weighted by Crippen LogP contribution is 2.38. The SMILES string of the molecule is Cc1cccc(-c2c(N)noc2-c2csc(I)c2)c1. The molecular weight excluding hydrogens is 371 g/mol. The van der Waals surface area contributed by atoms with E-state index in [0.29, 0.717) is 5.82 Å². The van der Waals surface area contributed by atoms with Crippen molar-refractivity contribution in [2.24, 2.45) is 0 Å². The molecule has 2 N–H and O–H groups in total. The molecule has 0 radical (unpaired) electrons. The minimum atomic E-state index is 0.432. The molecule has 2 aromatic heterocycles. The van der Waals surface area contributed by atoms with Crippen LogP contribution in [-0.4, -0.2) is 5.16 Å². The highest BCUT2D eigenvalue weighted by Gasteiger charge is 2.18. The maximum absolute atomic E-state index is 5.96. The Bertz CT molecular complexity index is 733. The van der Waals surface area contributed by atoms with E-state index in [-0.39, 0.29) is 0 Å². The number of rotatable bonds is 2. The fourth-order valence-corrected chi connectivity index (χ4v) is 3.33. The van der Waals surface area contributed by atoms with Gasteiger partial charge in [0.25, 0.3) is 0 Å². The molecule has 3 rings (SSSR count). The van der Waals surface area contributed by atoms with Crippen LogP contribution in [0.5, 0.6) is 0 Å². The maximum Gasteiger partial charge on any atom is 0.177 e. The summed E-state index contributed by atoms with van der Waals surface area (Å²) in [5.41, 5.74) is 10.1. The van der Waals surface area contributed by atoms with Crippen LogP contribution < -0.4 is 5.73 Å². The van der Waals surface area contributed by atoms with E-state index in [4.69, 9.17) is 10.3 Å². The van der Waals surface area contributed by atoms with Gasteiger partial charge in [-0.15, -0.1) is 11.3 Å². The van der Waals surface area contributed by atoms with Crippen LogP contribution in [0.4, 0.5) is 5.82 Å². The molecule has 0 aliphatic rings. The Hall–Kier alpha value is -1.34. The molecule has 0 fully saturated rings. The molecular formula is C14H11IN2OS. The van der Waals surface area contributed by atoms with Crippen LogP contribution in [0.3, 0.4) is 0 Å². The minimum absolute atomic E-state index is 0.432. The van der Waals surface area contributed by atoms with Crippen molar-refractivity contribution in [3.05, 3.63) is 44.2 Å². The summed E-state index contributed by atoms with van der Waals surface area (Å²) in [5, 5.41) is 5.97. The van der Waals surface area contributed by atoms with Crippen molar-refractivity contribution in [2.45, 2.75) is 6.92 Å². The van der Waals surface area contributed by atoms with Crippen LogP contribution in [0.2, 0.25) is 0 Å². The quantitative estimate of drug-likeness (QED) is 0.661. The number of benzene rings is 1. The topological polar surface area (TPSA) is 52.0 Å². The van der Waals surface area contributed by atoms with Gasteiger partial charge in [-0.05, 0) is 41.1 Å². The summed E-state index contributed by atoms with van der Waals surface area (Å²) in [6.45, 7) is 2.06. The second-order valence-corrected chi connectivity index (χ2v) is 7.09. The summed E-state index contributed by atoms with van der Waals surface area (Å²) in [5.74, 6) is 1.17. The zero-order chi connectivity index (χ0) is 13.4. The molecule has 0 saturated heterocycles. The fourth-order valence-electron chi connectivity index (χ4n) is 2.01. The van der Waals surface area contributed by atoms with Crippen LogP contribution in [0.15, 0.2) is 40.2 Å². The Morgan fingerprint density at radius 2 is 2.11 bits per heavy atom. The van der Waals surface area contributed by atoms with Crippen molar-refractivity contribution < 1.29 is 4.52 Å². The third-order valence-electron chi connectivity index (χ3n) is 2.85. The average molecular weight is 382 g/mol.